The Morgan fingerprint density at radius 3 is 1.89 bits per heavy atom. The number of aliphatic hydroxyl groups is 1. The smallest absolute Gasteiger partial charge is 0.195 e. The SMILES string of the molecule is O=C(c1ccccc1)C(O)c1ccccc1.O=[NH+][O-]. The zero-order valence-corrected chi connectivity index (χ0v) is 10.0. The Balaban J connectivity index is 0.000000550. The van der Waals surface area contributed by atoms with Crippen molar-refractivity contribution in [2.24, 2.45) is 0 Å². The average molecular weight is 259 g/mol. The molecule has 2 N–H and O–H groups in total. The molecule has 5 heteroatoms. The Morgan fingerprint density at radius 1 is 1.00 bits per heavy atom. The minimum Gasteiger partial charge on any atom is -0.380 e. The van der Waals surface area contributed by atoms with Crippen LogP contribution in [0.25, 0.3) is 0 Å². The van der Waals surface area contributed by atoms with Crippen LogP contribution in [-0.2, 0) is 0 Å². The highest BCUT2D eigenvalue weighted by Gasteiger charge is 2.18. The Bertz CT molecular complexity index is 513. The molecule has 0 spiro atoms. The summed E-state index contributed by atoms with van der Waals surface area (Å²) < 4.78 is 0. The van der Waals surface area contributed by atoms with Crippen LogP contribution in [0.4, 0.5) is 0 Å². The first-order valence-corrected chi connectivity index (χ1v) is 5.52. The molecule has 0 saturated carbocycles. The van der Waals surface area contributed by atoms with Crippen LogP contribution in [0.3, 0.4) is 0 Å². The zero-order chi connectivity index (χ0) is 14.1. The van der Waals surface area contributed by atoms with Gasteiger partial charge in [0.15, 0.2) is 5.78 Å². The molecule has 0 amide bonds. The van der Waals surface area contributed by atoms with E-state index in [0.717, 1.165) is 0 Å². The van der Waals surface area contributed by atoms with Gasteiger partial charge < -0.3 is 5.11 Å². The Morgan fingerprint density at radius 2 is 1.42 bits per heavy atom. The molecule has 0 heterocycles. The topological polar surface area (TPSA) is 91.4 Å². The van der Waals surface area contributed by atoms with E-state index < -0.39 is 6.10 Å². The molecule has 0 aliphatic rings. The zero-order valence-electron chi connectivity index (χ0n) is 10.0. The van der Waals surface area contributed by atoms with Gasteiger partial charge in [-0.25, -0.2) is 0 Å². The van der Waals surface area contributed by atoms with Gasteiger partial charge in [0.05, 0.1) is 0 Å². The molecule has 5 nitrogen and oxygen atoms in total. The fourth-order valence-electron chi connectivity index (χ4n) is 1.55. The number of carbonyl (C=O) groups is 1. The fourth-order valence-corrected chi connectivity index (χ4v) is 1.55. The fraction of sp³-hybridized carbons (Fsp3) is 0.0714. The molecule has 0 aromatic heterocycles. The summed E-state index contributed by atoms with van der Waals surface area (Å²) in [7, 11) is 0. The van der Waals surface area contributed by atoms with Crippen LogP contribution in [0.1, 0.15) is 22.0 Å². The molecule has 0 aliphatic carbocycles. The maximum absolute atomic E-state index is 11.9. The lowest BCUT2D eigenvalue weighted by molar-refractivity contribution is -0.398. The first kappa shape index (κ1) is 14.5. The normalized spacial score (nSPS) is 10.8. The molecule has 1 atom stereocenters. The predicted octanol–water partition coefficient (Wildman–Crippen LogP) is 0.934. The summed E-state index contributed by atoms with van der Waals surface area (Å²) in [6.45, 7) is 0. The van der Waals surface area contributed by atoms with Gasteiger partial charge in [-0.15, -0.1) is 0 Å². The maximum atomic E-state index is 11.9. The summed E-state index contributed by atoms with van der Waals surface area (Å²) in [5.41, 5.74) is 1.15. The lowest BCUT2D eigenvalue weighted by Gasteiger charge is -2.09. The highest BCUT2D eigenvalue weighted by molar-refractivity contribution is 5.99. The van der Waals surface area contributed by atoms with Gasteiger partial charge in [0, 0.05) is 10.9 Å². The van der Waals surface area contributed by atoms with Crippen molar-refractivity contribution in [1.82, 2.24) is 0 Å². The van der Waals surface area contributed by atoms with Crippen molar-refractivity contribution in [3.05, 3.63) is 81.9 Å². The van der Waals surface area contributed by atoms with Crippen LogP contribution in [0.2, 0.25) is 0 Å². The molecular weight excluding hydrogens is 246 g/mol. The summed E-state index contributed by atoms with van der Waals surface area (Å²) >= 11 is 0. The molecule has 1 unspecified atom stereocenters. The van der Waals surface area contributed by atoms with E-state index in [4.69, 9.17) is 10.1 Å². The highest BCUT2D eigenvalue weighted by Crippen LogP contribution is 2.17. The third-order valence-corrected chi connectivity index (χ3v) is 2.42. The lowest BCUT2D eigenvalue weighted by Crippen LogP contribution is -2.53. The van der Waals surface area contributed by atoms with Gasteiger partial charge >= 0.3 is 0 Å². The minimum atomic E-state index is -1.08. The van der Waals surface area contributed by atoms with Crippen molar-refractivity contribution in [2.75, 3.05) is 0 Å². The number of hydrogen-bond donors (Lipinski definition) is 2. The standard InChI is InChI=1S/C14H12O2.HNO2/c15-13(11-7-3-1-4-8-11)14(16)12-9-5-2-6-10-12;2-1-3/h1-10,13,15H;1H. The second-order valence-electron chi connectivity index (χ2n) is 3.63. The lowest BCUT2D eigenvalue weighted by atomic mass is 10.0. The van der Waals surface area contributed by atoms with E-state index >= 15 is 0 Å². The first-order valence-electron chi connectivity index (χ1n) is 5.52. The van der Waals surface area contributed by atoms with Crippen molar-refractivity contribution >= 4 is 5.78 Å². The number of hydrogen-bond acceptors (Lipinski definition) is 4. The molecule has 2 rings (SSSR count). The molecule has 98 valence electrons. The Hall–Kier alpha value is -2.53. The molecule has 0 radical (unpaired) electrons. The van der Waals surface area contributed by atoms with Crippen LogP contribution in [-0.4, -0.2) is 10.9 Å². The van der Waals surface area contributed by atoms with E-state index in [9.17, 15) is 9.90 Å². The third kappa shape index (κ3) is 4.33. The number of rotatable bonds is 3. The molecule has 19 heavy (non-hydrogen) atoms. The number of Topliss-reactive ketones (excluding diaryl/α,β-unsaturated/α-hetero) is 1. The molecule has 0 saturated heterocycles. The molecule has 0 fully saturated rings. The van der Waals surface area contributed by atoms with Gasteiger partial charge in [0.2, 0.25) is 0 Å². The monoisotopic (exact) mass is 259 g/mol. The van der Waals surface area contributed by atoms with Crippen LogP contribution >= 0.6 is 0 Å². The summed E-state index contributed by atoms with van der Waals surface area (Å²) in [6, 6.07) is 17.7. The highest BCUT2D eigenvalue weighted by atomic mass is 16.6. The molecule has 0 bridgehead atoms. The maximum Gasteiger partial charge on any atom is 0.195 e. The van der Waals surface area contributed by atoms with Crippen LogP contribution in [0.5, 0.6) is 0 Å². The van der Waals surface area contributed by atoms with Crippen molar-refractivity contribution in [1.29, 1.82) is 0 Å². The molecule has 2 aromatic carbocycles. The summed E-state index contributed by atoms with van der Waals surface area (Å²) in [5.74, 6) is -0.271. The Labute approximate surface area is 110 Å². The van der Waals surface area contributed by atoms with Crippen LogP contribution in [0, 0.1) is 10.1 Å². The van der Waals surface area contributed by atoms with E-state index in [-0.39, 0.29) is 11.1 Å². The van der Waals surface area contributed by atoms with Gasteiger partial charge in [-0.1, -0.05) is 60.7 Å². The molecular formula is C14H13NO4. The van der Waals surface area contributed by atoms with Crippen molar-refractivity contribution in [2.45, 2.75) is 6.10 Å². The van der Waals surface area contributed by atoms with Gasteiger partial charge in [-0.2, -0.15) is 0 Å². The third-order valence-electron chi connectivity index (χ3n) is 2.42. The van der Waals surface area contributed by atoms with Gasteiger partial charge in [0.25, 0.3) is 0 Å². The minimum absolute atomic E-state index is 0.250. The van der Waals surface area contributed by atoms with Crippen molar-refractivity contribution < 1.29 is 15.2 Å². The summed E-state index contributed by atoms with van der Waals surface area (Å²) in [5, 5.41) is 18.3. The van der Waals surface area contributed by atoms with E-state index in [1.165, 1.54) is 0 Å². The number of carbonyl (C=O) groups excluding carboxylic acids is 1. The van der Waals surface area contributed by atoms with E-state index in [1.807, 2.05) is 12.1 Å². The van der Waals surface area contributed by atoms with Crippen molar-refractivity contribution in [3.63, 3.8) is 0 Å². The van der Waals surface area contributed by atoms with Crippen LogP contribution < -0.4 is 5.34 Å². The van der Waals surface area contributed by atoms with E-state index in [0.29, 0.717) is 11.1 Å². The quantitative estimate of drug-likeness (QED) is 0.487. The second-order valence-corrected chi connectivity index (χ2v) is 3.63. The molecule has 0 aliphatic heterocycles. The first-order chi connectivity index (χ1) is 9.20. The van der Waals surface area contributed by atoms with Gasteiger partial charge in [-0.05, 0) is 5.56 Å². The van der Waals surface area contributed by atoms with Crippen molar-refractivity contribution in [3.8, 4) is 0 Å². The predicted molar refractivity (Wildman–Crippen MR) is 69.9 cm³/mol. The second kappa shape index (κ2) is 7.73. The van der Waals surface area contributed by atoms with Crippen LogP contribution in [0.15, 0.2) is 60.7 Å². The number of nitrogens with one attached hydrogen (secondary N) is 1. The average Bonchev–Trinajstić information content (AvgIpc) is 2.48. The van der Waals surface area contributed by atoms with Gasteiger partial charge in [0.1, 0.15) is 6.10 Å². The summed E-state index contributed by atoms with van der Waals surface area (Å²) in [6.07, 6.45) is -1.08. The number of ketones is 1. The van der Waals surface area contributed by atoms with E-state index in [1.54, 1.807) is 48.5 Å². The van der Waals surface area contributed by atoms with E-state index in [2.05, 4.69) is 0 Å². The molecule has 2 aromatic rings. The number of aliphatic hydroxyl groups excluding tert-OH is 1. The largest absolute Gasteiger partial charge is 0.380 e. The Kier molecular flexibility index (Phi) is 5.91. The summed E-state index contributed by atoms with van der Waals surface area (Å²) in [4.78, 5) is 20.0. The van der Waals surface area contributed by atoms with Gasteiger partial charge in [-0.3, -0.25) is 14.9 Å². The number of benzene rings is 2.